The number of nitrogens with one attached hydrogen (secondary N) is 2. The Kier molecular flexibility index (Phi) is 8.25. The Morgan fingerprint density at radius 2 is 1.45 bits per heavy atom. The third-order valence-electron chi connectivity index (χ3n) is 8.67. The first kappa shape index (κ1) is 27.4. The fourth-order valence-electron chi connectivity index (χ4n) is 6.50. The molecule has 1 saturated carbocycles. The summed E-state index contributed by atoms with van der Waals surface area (Å²) in [5, 5.41) is 5.48. The Morgan fingerprint density at radius 1 is 0.868 bits per heavy atom. The van der Waals surface area contributed by atoms with Crippen molar-refractivity contribution in [3.8, 4) is 0 Å². The molecule has 3 aromatic carbocycles. The number of carbonyl (C=O) groups is 2. The second kappa shape index (κ2) is 11.4. The van der Waals surface area contributed by atoms with E-state index in [0.717, 1.165) is 37.1 Å². The Bertz CT molecular complexity index is 1210. The van der Waals surface area contributed by atoms with Crippen molar-refractivity contribution in [1.29, 1.82) is 0 Å². The molecular weight excluding hydrogens is 470 g/mol. The molecule has 0 spiro atoms. The van der Waals surface area contributed by atoms with Crippen LogP contribution in [0.5, 0.6) is 0 Å². The highest BCUT2D eigenvalue weighted by Gasteiger charge is 2.54. The molecule has 3 atom stereocenters. The van der Waals surface area contributed by atoms with E-state index in [1.54, 1.807) is 0 Å². The van der Waals surface area contributed by atoms with Gasteiger partial charge in [0.15, 0.2) is 0 Å². The highest BCUT2D eigenvalue weighted by Crippen LogP contribution is 2.57. The third kappa shape index (κ3) is 5.77. The number of rotatable bonds is 4. The largest absolute Gasteiger partial charge is 0.369 e. The normalized spacial score (nSPS) is 23.8. The fraction of sp³-hybridized carbons (Fsp3) is 0.394. The van der Waals surface area contributed by atoms with E-state index >= 15 is 0 Å². The number of nitrogens with two attached hydrogens (primary N) is 1. The van der Waals surface area contributed by atoms with E-state index in [2.05, 4.69) is 56.5 Å². The van der Waals surface area contributed by atoms with Crippen LogP contribution in [0.25, 0.3) is 0 Å². The number of anilines is 2. The zero-order chi connectivity index (χ0) is 27.3. The first-order valence-corrected chi connectivity index (χ1v) is 13.7. The topological polar surface area (TPSA) is 84.2 Å². The molecule has 0 heterocycles. The van der Waals surface area contributed by atoms with Gasteiger partial charge in [-0.05, 0) is 83.9 Å². The minimum Gasteiger partial charge on any atom is -0.369 e. The van der Waals surface area contributed by atoms with E-state index in [1.165, 1.54) is 23.1 Å². The lowest BCUT2D eigenvalue weighted by Gasteiger charge is -2.54. The van der Waals surface area contributed by atoms with Gasteiger partial charge in [-0.3, -0.25) is 4.79 Å². The van der Waals surface area contributed by atoms with E-state index in [0.29, 0.717) is 11.8 Å². The number of hydrogen-bond donors (Lipinski definition) is 3. The molecule has 200 valence electrons. The number of amides is 3. The Morgan fingerprint density at radius 3 is 1.97 bits per heavy atom. The number of urea groups is 1. The van der Waals surface area contributed by atoms with Gasteiger partial charge in [-0.1, -0.05) is 88.7 Å². The molecule has 0 saturated heterocycles. The van der Waals surface area contributed by atoms with E-state index in [1.807, 2.05) is 60.7 Å². The zero-order valence-corrected chi connectivity index (χ0v) is 23.1. The van der Waals surface area contributed by atoms with Crippen LogP contribution >= 0.6 is 0 Å². The predicted molar refractivity (Wildman–Crippen MR) is 156 cm³/mol. The molecule has 4 N–H and O–H groups in total. The van der Waals surface area contributed by atoms with Crippen LogP contribution in [-0.2, 0) is 16.6 Å². The molecule has 38 heavy (non-hydrogen) atoms. The number of primary amides is 1. The monoisotopic (exact) mass is 511 g/mol. The van der Waals surface area contributed by atoms with Crippen molar-refractivity contribution in [3.63, 3.8) is 0 Å². The van der Waals surface area contributed by atoms with E-state index < -0.39 is 0 Å². The maximum atomic E-state index is 12.2. The molecule has 0 radical (unpaired) electrons. The van der Waals surface area contributed by atoms with Crippen LogP contribution in [0.15, 0.2) is 78.9 Å². The summed E-state index contributed by atoms with van der Waals surface area (Å²) in [6.07, 6.45) is 5.39. The van der Waals surface area contributed by atoms with Crippen LogP contribution in [0.4, 0.5) is 16.2 Å². The summed E-state index contributed by atoms with van der Waals surface area (Å²) in [5.41, 5.74) is 11.5. The van der Waals surface area contributed by atoms with Gasteiger partial charge in [0.25, 0.3) is 0 Å². The van der Waals surface area contributed by atoms with Crippen molar-refractivity contribution in [3.05, 3.63) is 95.6 Å². The van der Waals surface area contributed by atoms with Gasteiger partial charge in [0.2, 0.25) is 5.91 Å². The summed E-state index contributed by atoms with van der Waals surface area (Å²) in [6.45, 7) is 8.97. The van der Waals surface area contributed by atoms with Gasteiger partial charge in [-0.2, -0.15) is 0 Å². The molecule has 0 bridgehead atoms. The van der Waals surface area contributed by atoms with Crippen molar-refractivity contribution in [2.45, 2.75) is 71.1 Å². The summed E-state index contributed by atoms with van der Waals surface area (Å²) >= 11 is 0. The Labute approximate surface area is 227 Å². The lowest BCUT2D eigenvalue weighted by atomic mass is 9.49. The standard InChI is InChI=1S/C20H29NO.C13H12N2O/c1-13(2)14-6-8-16-15(12-14)7-9-17-19(16,3)10-5-11-20(17,4)18(21)22;16-13(14-11-7-3-1-4-8-11)15-12-9-5-2-6-10-12/h6,8,12-13,17H,5,7,9-11H2,1-4H3,(H2,21,22);1-10H,(H2,14,15,16). The van der Waals surface area contributed by atoms with Crippen LogP contribution in [0.2, 0.25) is 0 Å². The third-order valence-corrected chi connectivity index (χ3v) is 8.67. The zero-order valence-electron chi connectivity index (χ0n) is 23.1. The predicted octanol–water partition coefficient (Wildman–Crippen LogP) is 7.64. The van der Waals surface area contributed by atoms with Crippen LogP contribution in [0, 0.1) is 11.3 Å². The molecule has 5 nitrogen and oxygen atoms in total. The van der Waals surface area contributed by atoms with Crippen LogP contribution in [0.1, 0.15) is 76.0 Å². The smallest absolute Gasteiger partial charge is 0.323 e. The number of aryl methyl sites for hydroxylation is 1. The average molecular weight is 512 g/mol. The highest BCUT2D eigenvalue weighted by atomic mass is 16.2. The summed E-state index contributed by atoms with van der Waals surface area (Å²) in [5.74, 6) is 0.840. The number of carbonyl (C=O) groups excluding carboxylic acids is 2. The molecule has 3 aromatic rings. The van der Waals surface area contributed by atoms with Crippen LogP contribution in [0.3, 0.4) is 0 Å². The molecule has 5 heteroatoms. The first-order valence-electron chi connectivity index (χ1n) is 13.7. The van der Waals surface area contributed by atoms with Gasteiger partial charge in [0, 0.05) is 16.8 Å². The van der Waals surface area contributed by atoms with E-state index in [4.69, 9.17) is 5.73 Å². The van der Waals surface area contributed by atoms with Gasteiger partial charge < -0.3 is 16.4 Å². The van der Waals surface area contributed by atoms with Crippen molar-refractivity contribution in [2.24, 2.45) is 17.1 Å². The maximum Gasteiger partial charge on any atom is 0.323 e. The maximum absolute atomic E-state index is 12.2. The number of hydrogen-bond acceptors (Lipinski definition) is 2. The van der Waals surface area contributed by atoms with Gasteiger partial charge in [-0.25, -0.2) is 4.79 Å². The lowest BCUT2D eigenvalue weighted by molar-refractivity contribution is -0.135. The van der Waals surface area contributed by atoms with Crippen LogP contribution in [-0.4, -0.2) is 11.9 Å². The molecular formula is C33H41N3O2. The summed E-state index contributed by atoms with van der Waals surface area (Å²) in [7, 11) is 0. The van der Waals surface area contributed by atoms with Gasteiger partial charge in [0.1, 0.15) is 0 Å². The van der Waals surface area contributed by atoms with Crippen LogP contribution < -0.4 is 16.4 Å². The molecule has 3 amide bonds. The SMILES string of the molecule is CC(C)c1ccc2c(c1)CCC1C(C)(C(N)=O)CCCC21C.O=C(Nc1ccccc1)Nc1ccccc1. The number of fused-ring (bicyclic) bond motifs is 3. The Hall–Kier alpha value is -3.60. The minimum atomic E-state index is -0.346. The molecule has 0 aromatic heterocycles. The Balaban J connectivity index is 0.000000186. The summed E-state index contributed by atoms with van der Waals surface area (Å²) < 4.78 is 0. The fourth-order valence-corrected chi connectivity index (χ4v) is 6.50. The summed E-state index contributed by atoms with van der Waals surface area (Å²) in [6, 6.07) is 25.4. The first-order chi connectivity index (χ1) is 18.1. The minimum absolute atomic E-state index is 0.102. The quantitative estimate of drug-likeness (QED) is 0.336. The molecule has 2 aliphatic carbocycles. The highest BCUT2D eigenvalue weighted by molar-refractivity contribution is 5.99. The number of para-hydroxylation sites is 2. The van der Waals surface area contributed by atoms with Crippen molar-refractivity contribution in [1.82, 2.24) is 0 Å². The van der Waals surface area contributed by atoms with Crippen molar-refractivity contribution < 1.29 is 9.59 Å². The molecule has 5 rings (SSSR count). The second-order valence-electron chi connectivity index (χ2n) is 11.5. The van der Waals surface area contributed by atoms with E-state index in [-0.39, 0.29) is 22.8 Å². The van der Waals surface area contributed by atoms with Gasteiger partial charge >= 0.3 is 6.03 Å². The summed E-state index contributed by atoms with van der Waals surface area (Å²) in [4.78, 5) is 23.7. The molecule has 2 aliphatic rings. The average Bonchev–Trinajstić information content (AvgIpc) is 2.89. The molecule has 1 fully saturated rings. The molecule has 0 aliphatic heterocycles. The van der Waals surface area contributed by atoms with Gasteiger partial charge in [0.05, 0.1) is 0 Å². The van der Waals surface area contributed by atoms with E-state index in [9.17, 15) is 9.59 Å². The van der Waals surface area contributed by atoms with Gasteiger partial charge in [-0.15, -0.1) is 0 Å². The van der Waals surface area contributed by atoms with Crippen molar-refractivity contribution in [2.75, 3.05) is 10.6 Å². The second-order valence-corrected chi connectivity index (χ2v) is 11.5. The number of benzene rings is 3. The lowest BCUT2D eigenvalue weighted by Crippen LogP contribution is -2.54. The van der Waals surface area contributed by atoms with Crippen molar-refractivity contribution >= 4 is 23.3 Å². The molecule has 3 unspecified atom stereocenters.